The molecule has 0 bridgehead atoms. The maximum atomic E-state index is 12.1. The molecule has 30 heavy (non-hydrogen) atoms. The van der Waals surface area contributed by atoms with Gasteiger partial charge in [-0.3, -0.25) is 19.8 Å². The normalized spacial score (nSPS) is 15.0. The SMILES string of the molecule is CC1CCN(Cc2ccc(CNC(=O)CCNc3ccccc3[N+](=O)[O-])cc2)CC1. The number of rotatable bonds is 9. The van der Waals surface area contributed by atoms with Crippen molar-refractivity contribution in [3.05, 3.63) is 69.8 Å². The quantitative estimate of drug-likeness (QED) is 0.483. The molecule has 0 atom stereocenters. The molecule has 2 aromatic carbocycles. The van der Waals surface area contributed by atoms with Gasteiger partial charge < -0.3 is 10.6 Å². The van der Waals surface area contributed by atoms with Crippen LogP contribution in [0.3, 0.4) is 0 Å². The number of anilines is 1. The predicted octanol–water partition coefficient (Wildman–Crippen LogP) is 3.95. The van der Waals surface area contributed by atoms with Crippen LogP contribution >= 0.6 is 0 Å². The molecule has 0 spiro atoms. The fourth-order valence-electron chi connectivity index (χ4n) is 3.62. The number of para-hydroxylation sites is 2. The molecule has 1 amide bonds. The number of nitro groups is 1. The zero-order valence-corrected chi connectivity index (χ0v) is 17.5. The van der Waals surface area contributed by atoms with Gasteiger partial charge >= 0.3 is 0 Å². The number of likely N-dealkylation sites (tertiary alicyclic amines) is 1. The van der Waals surface area contributed by atoms with Gasteiger partial charge in [-0.15, -0.1) is 0 Å². The topological polar surface area (TPSA) is 87.5 Å². The van der Waals surface area contributed by atoms with Crippen molar-refractivity contribution in [1.29, 1.82) is 0 Å². The van der Waals surface area contributed by atoms with Crippen molar-refractivity contribution in [2.24, 2.45) is 5.92 Å². The van der Waals surface area contributed by atoms with Gasteiger partial charge in [0.15, 0.2) is 0 Å². The number of hydrogen-bond acceptors (Lipinski definition) is 5. The van der Waals surface area contributed by atoms with E-state index >= 15 is 0 Å². The van der Waals surface area contributed by atoms with Crippen molar-refractivity contribution in [2.75, 3.05) is 25.0 Å². The predicted molar refractivity (Wildman–Crippen MR) is 118 cm³/mol. The molecular weight excluding hydrogens is 380 g/mol. The molecule has 2 aromatic rings. The first-order valence-electron chi connectivity index (χ1n) is 10.6. The van der Waals surface area contributed by atoms with Crippen LogP contribution in [0.15, 0.2) is 48.5 Å². The van der Waals surface area contributed by atoms with E-state index < -0.39 is 4.92 Å². The lowest BCUT2D eigenvalue weighted by atomic mass is 9.99. The molecule has 7 nitrogen and oxygen atoms in total. The first kappa shape index (κ1) is 21.8. The highest BCUT2D eigenvalue weighted by Gasteiger charge is 2.15. The lowest BCUT2D eigenvalue weighted by Gasteiger charge is -2.30. The van der Waals surface area contributed by atoms with Gasteiger partial charge in [0.1, 0.15) is 5.69 Å². The van der Waals surface area contributed by atoms with Crippen molar-refractivity contribution in [3.8, 4) is 0 Å². The lowest BCUT2D eigenvalue weighted by molar-refractivity contribution is -0.384. The van der Waals surface area contributed by atoms with Crippen molar-refractivity contribution in [1.82, 2.24) is 10.2 Å². The van der Waals surface area contributed by atoms with E-state index in [2.05, 4.69) is 46.7 Å². The van der Waals surface area contributed by atoms with E-state index in [9.17, 15) is 14.9 Å². The fourth-order valence-corrected chi connectivity index (χ4v) is 3.62. The summed E-state index contributed by atoms with van der Waals surface area (Å²) in [5.41, 5.74) is 2.80. The van der Waals surface area contributed by atoms with E-state index in [-0.39, 0.29) is 18.0 Å². The monoisotopic (exact) mass is 410 g/mol. The van der Waals surface area contributed by atoms with E-state index in [0.29, 0.717) is 18.8 Å². The number of piperidine rings is 1. The Labute approximate surface area is 177 Å². The largest absolute Gasteiger partial charge is 0.379 e. The highest BCUT2D eigenvalue weighted by atomic mass is 16.6. The van der Waals surface area contributed by atoms with Crippen LogP contribution < -0.4 is 10.6 Å². The molecule has 1 aliphatic heterocycles. The third kappa shape index (κ3) is 6.56. The molecule has 0 aromatic heterocycles. The third-order valence-corrected chi connectivity index (χ3v) is 5.56. The Hall–Kier alpha value is -2.93. The van der Waals surface area contributed by atoms with Gasteiger partial charge in [-0.1, -0.05) is 43.3 Å². The molecule has 3 rings (SSSR count). The number of carbonyl (C=O) groups is 1. The molecular formula is C23H30N4O3. The third-order valence-electron chi connectivity index (χ3n) is 5.56. The Balaban J connectivity index is 1.38. The van der Waals surface area contributed by atoms with Crippen LogP contribution in [-0.2, 0) is 17.9 Å². The average Bonchev–Trinajstić information content (AvgIpc) is 2.75. The van der Waals surface area contributed by atoms with Gasteiger partial charge in [0, 0.05) is 32.1 Å². The molecule has 0 unspecified atom stereocenters. The van der Waals surface area contributed by atoms with Gasteiger partial charge in [-0.25, -0.2) is 0 Å². The van der Waals surface area contributed by atoms with Crippen LogP contribution in [0.2, 0.25) is 0 Å². The van der Waals surface area contributed by atoms with Crippen molar-refractivity contribution in [2.45, 2.75) is 39.3 Å². The first-order chi connectivity index (χ1) is 14.5. The van der Waals surface area contributed by atoms with E-state index in [4.69, 9.17) is 0 Å². The number of benzene rings is 2. The van der Waals surface area contributed by atoms with E-state index in [1.807, 2.05) is 0 Å². The summed E-state index contributed by atoms with van der Waals surface area (Å²) in [4.78, 5) is 25.2. The summed E-state index contributed by atoms with van der Waals surface area (Å²) in [6.07, 6.45) is 2.80. The minimum Gasteiger partial charge on any atom is -0.379 e. The lowest BCUT2D eigenvalue weighted by Crippen LogP contribution is -2.32. The van der Waals surface area contributed by atoms with Crippen LogP contribution in [0.5, 0.6) is 0 Å². The zero-order chi connectivity index (χ0) is 21.3. The number of nitrogens with one attached hydrogen (secondary N) is 2. The van der Waals surface area contributed by atoms with Gasteiger partial charge in [0.05, 0.1) is 4.92 Å². The van der Waals surface area contributed by atoms with E-state index in [1.54, 1.807) is 18.2 Å². The molecule has 160 valence electrons. The smallest absolute Gasteiger partial charge is 0.292 e. The summed E-state index contributed by atoms with van der Waals surface area (Å²) in [6.45, 7) is 6.45. The van der Waals surface area contributed by atoms with Crippen LogP contribution in [0.1, 0.15) is 37.3 Å². The molecule has 2 N–H and O–H groups in total. The van der Waals surface area contributed by atoms with Gasteiger partial charge in [0.25, 0.3) is 5.69 Å². The number of amides is 1. The van der Waals surface area contributed by atoms with Gasteiger partial charge in [-0.05, 0) is 49.0 Å². The fraction of sp³-hybridized carbons (Fsp3) is 0.435. The Morgan fingerprint density at radius 2 is 1.77 bits per heavy atom. The molecule has 1 fully saturated rings. The van der Waals surface area contributed by atoms with Crippen molar-refractivity contribution < 1.29 is 9.72 Å². The Bertz CT molecular complexity index is 846. The maximum Gasteiger partial charge on any atom is 0.292 e. The number of carbonyl (C=O) groups excluding carboxylic acids is 1. The molecule has 1 saturated heterocycles. The molecule has 1 aliphatic rings. The molecule has 7 heteroatoms. The van der Waals surface area contributed by atoms with Gasteiger partial charge in [-0.2, -0.15) is 0 Å². The highest BCUT2D eigenvalue weighted by Crippen LogP contribution is 2.23. The van der Waals surface area contributed by atoms with Crippen LogP contribution in [0, 0.1) is 16.0 Å². The summed E-state index contributed by atoms with van der Waals surface area (Å²) in [5.74, 6) is 0.748. The maximum absolute atomic E-state index is 12.1. The molecule has 0 aliphatic carbocycles. The highest BCUT2D eigenvalue weighted by molar-refractivity contribution is 5.76. The summed E-state index contributed by atoms with van der Waals surface area (Å²) >= 11 is 0. The minimum atomic E-state index is -0.433. The minimum absolute atomic E-state index is 0.0112. The summed E-state index contributed by atoms with van der Waals surface area (Å²) in [6, 6.07) is 14.8. The van der Waals surface area contributed by atoms with Crippen LogP contribution in [-0.4, -0.2) is 35.4 Å². The first-order valence-corrected chi connectivity index (χ1v) is 10.6. The average molecular weight is 411 g/mol. The number of hydrogen-bond donors (Lipinski definition) is 2. The summed E-state index contributed by atoms with van der Waals surface area (Å²) in [5, 5.41) is 16.9. The standard InChI is InChI=1S/C23H30N4O3/c1-18-11-14-26(15-12-18)17-20-8-6-19(7-9-20)16-25-23(28)10-13-24-21-4-2-3-5-22(21)27(29)30/h2-9,18,24H,10-17H2,1H3,(H,25,28). The van der Waals surface area contributed by atoms with Crippen molar-refractivity contribution in [3.63, 3.8) is 0 Å². The van der Waals surface area contributed by atoms with E-state index in [0.717, 1.165) is 18.0 Å². The number of nitrogens with zero attached hydrogens (tertiary/aromatic N) is 2. The molecule has 0 saturated carbocycles. The number of nitro benzene ring substituents is 1. The Morgan fingerprint density at radius 1 is 1.10 bits per heavy atom. The van der Waals surface area contributed by atoms with Crippen LogP contribution in [0.25, 0.3) is 0 Å². The molecule has 0 radical (unpaired) electrons. The zero-order valence-electron chi connectivity index (χ0n) is 17.5. The second kappa shape index (κ2) is 10.7. The summed E-state index contributed by atoms with van der Waals surface area (Å²) < 4.78 is 0. The Kier molecular flexibility index (Phi) is 7.79. The van der Waals surface area contributed by atoms with Gasteiger partial charge in [0.2, 0.25) is 5.91 Å². The summed E-state index contributed by atoms with van der Waals surface area (Å²) in [7, 11) is 0. The second-order valence-electron chi connectivity index (χ2n) is 8.00. The van der Waals surface area contributed by atoms with E-state index in [1.165, 1.54) is 37.6 Å². The van der Waals surface area contributed by atoms with Crippen LogP contribution in [0.4, 0.5) is 11.4 Å². The second-order valence-corrected chi connectivity index (χ2v) is 8.00. The molecule has 1 heterocycles. The Morgan fingerprint density at radius 3 is 2.47 bits per heavy atom. The van der Waals surface area contributed by atoms with Crippen molar-refractivity contribution >= 4 is 17.3 Å².